The molecule has 0 spiro atoms. The Bertz CT molecular complexity index is 1560. The highest BCUT2D eigenvalue weighted by Gasteiger charge is 2.25. The maximum absolute atomic E-state index is 15.0. The molecule has 0 atom stereocenters. The molecule has 0 saturated carbocycles. The first kappa shape index (κ1) is 25.0. The number of fused-ring (bicyclic) bond motifs is 1. The Hall–Kier alpha value is -4.35. The van der Waals surface area contributed by atoms with E-state index in [0.717, 1.165) is 48.2 Å². The van der Waals surface area contributed by atoms with Gasteiger partial charge in [-0.15, -0.1) is 0 Å². The monoisotopic (exact) mass is 527 g/mol. The Morgan fingerprint density at radius 2 is 2.00 bits per heavy atom. The van der Waals surface area contributed by atoms with Gasteiger partial charge in [-0.3, -0.25) is 5.10 Å². The molecule has 5 aromatic rings. The van der Waals surface area contributed by atoms with Crippen molar-refractivity contribution < 1.29 is 9.50 Å². The number of pyridine rings is 2. The minimum atomic E-state index is -0.439. The zero-order valence-corrected chi connectivity index (χ0v) is 21.6. The average Bonchev–Trinajstić information content (AvgIpc) is 3.66. The average molecular weight is 528 g/mol. The fourth-order valence-electron chi connectivity index (χ4n) is 4.97. The summed E-state index contributed by atoms with van der Waals surface area (Å²) in [5.74, 6) is 0.958. The zero-order valence-electron chi connectivity index (χ0n) is 21.6. The first-order valence-corrected chi connectivity index (χ1v) is 13.0. The highest BCUT2D eigenvalue weighted by atomic mass is 19.1. The van der Waals surface area contributed by atoms with Crippen LogP contribution in [0.25, 0.3) is 16.6 Å². The van der Waals surface area contributed by atoms with Gasteiger partial charge < -0.3 is 20.2 Å². The number of anilines is 3. The third-order valence-electron chi connectivity index (χ3n) is 7.18. The number of aromatic amines is 1. The summed E-state index contributed by atoms with van der Waals surface area (Å²) in [6, 6.07) is 12.8. The highest BCUT2D eigenvalue weighted by Crippen LogP contribution is 2.28. The molecule has 1 aromatic carbocycles. The van der Waals surface area contributed by atoms with E-state index in [9.17, 15) is 9.50 Å². The molecule has 11 heteroatoms. The number of rotatable bonds is 8. The number of benzene rings is 1. The number of nitrogens with one attached hydrogen (secondary N) is 2. The summed E-state index contributed by atoms with van der Waals surface area (Å²) >= 11 is 0. The summed E-state index contributed by atoms with van der Waals surface area (Å²) in [4.78, 5) is 14.2. The topological polar surface area (TPSA) is 111 Å². The SMILES string of the molecule is CN1CCC(N(Cc2cn[nH]c2)c2ccc3cnc(Nc4ccc(-n5ccc(CO)n5)cc4F)cc3n2)CC1. The second-order valence-corrected chi connectivity index (χ2v) is 9.90. The summed E-state index contributed by atoms with van der Waals surface area (Å²) < 4.78 is 16.5. The minimum absolute atomic E-state index is 0.169. The molecule has 1 fully saturated rings. The fraction of sp³-hybridized carbons (Fsp3) is 0.286. The van der Waals surface area contributed by atoms with Crippen molar-refractivity contribution in [2.24, 2.45) is 0 Å². The third-order valence-corrected chi connectivity index (χ3v) is 7.18. The Morgan fingerprint density at radius 1 is 1.13 bits per heavy atom. The number of aromatic nitrogens is 6. The maximum atomic E-state index is 15.0. The van der Waals surface area contributed by atoms with Crippen molar-refractivity contribution in [1.82, 2.24) is 34.8 Å². The Morgan fingerprint density at radius 3 is 2.74 bits per heavy atom. The first-order chi connectivity index (χ1) is 19.1. The number of likely N-dealkylation sites (tertiary alicyclic amines) is 1. The van der Waals surface area contributed by atoms with Crippen LogP contribution in [0.5, 0.6) is 0 Å². The predicted molar refractivity (Wildman–Crippen MR) is 148 cm³/mol. The van der Waals surface area contributed by atoms with Gasteiger partial charge in [0.2, 0.25) is 0 Å². The van der Waals surface area contributed by atoms with Crippen molar-refractivity contribution in [3.63, 3.8) is 0 Å². The third kappa shape index (κ3) is 5.45. The summed E-state index contributed by atoms with van der Waals surface area (Å²) in [7, 11) is 2.16. The lowest BCUT2D eigenvalue weighted by Gasteiger charge is -2.38. The van der Waals surface area contributed by atoms with E-state index in [1.54, 1.807) is 30.6 Å². The van der Waals surface area contributed by atoms with Crippen LogP contribution >= 0.6 is 0 Å². The standard InChI is InChI=1S/C28H30FN9O/c1-36-9-7-22(8-10-36)37(17-19-14-31-32-15-19)28-5-2-20-16-30-27(13-26(20)34-28)33-25-4-3-23(12-24(25)29)38-11-6-21(18-39)35-38/h2-6,11-16,22,39H,7-10,17-18H2,1H3,(H,30,33)(H,31,32). The van der Waals surface area contributed by atoms with Crippen LogP contribution in [0.1, 0.15) is 24.1 Å². The number of H-pyrrole nitrogens is 1. The minimum Gasteiger partial charge on any atom is -0.390 e. The van der Waals surface area contributed by atoms with Crippen LogP contribution in [0.2, 0.25) is 0 Å². The van der Waals surface area contributed by atoms with Gasteiger partial charge in [0.25, 0.3) is 0 Å². The van der Waals surface area contributed by atoms with Crippen LogP contribution in [0.3, 0.4) is 0 Å². The molecule has 10 nitrogen and oxygen atoms in total. The molecule has 0 amide bonds. The Balaban J connectivity index is 1.26. The van der Waals surface area contributed by atoms with Crippen LogP contribution in [-0.2, 0) is 13.2 Å². The van der Waals surface area contributed by atoms with E-state index in [0.29, 0.717) is 35.5 Å². The molecule has 5 heterocycles. The van der Waals surface area contributed by atoms with Crippen molar-refractivity contribution in [3.8, 4) is 5.69 Å². The van der Waals surface area contributed by atoms with Crippen LogP contribution in [0.4, 0.5) is 21.7 Å². The number of nitrogens with zero attached hydrogens (tertiary/aromatic N) is 7. The predicted octanol–water partition coefficient (Wildman–Crippen LogP) is 4.01. The fourth-order valence-corrected chi connectivity index (χ4v) is 4.97. The number of hydrogen-bond acceptors (Lipinski definition) is 8. The Labute approximate surface area is 225 Å². The van der Waals surface area contributed by atoms with E-state index in [2.05, 4.69) is 42.4 Å². The van der Waals surface area contributed by atoms with Crippen molar-refractivity contribution in [2.75, 3.05) is 30.4 Å². The highest BCUT2D eigenvalue weighted by molar-refractivity contribution is 5.82. The van der Waals surface area contributed by atoms with E-state index >= 15 is 0 Å². The normalized spacial score (nSPS) is 14.6. The molecule has 1 saturated heterocycles. The number of aliphatic hydroxyl groups excluding tert-OH is 1. The Kier molecular flexibility index (Phi) is 6.91. The number of hydrogen-bond donors (Lipinski definition) is 3. The molecule has 0 aliphatic carbocycles. The lowest BCUT2D eigenvalue weighted by atomic mass is 10.0. The van der Waals surface area contributed by atoms with Crippen LogP contribution in [0.15, 0.2) is 67.3 Å². The van der Waals surface area contributed by atoms with Gasteiger partial charge in [-0.05, 0) is 63.3 Å². The van der Waals surface area contributed by atoms with E-state index in [4.69, 9.17) is 4.98 Å². The summed E-state index contributed by atoms with van der Waals surface area (Å²) in [5.41, 5.74) is 3.25. The largest absolute Gasteiger partial charge is 0.390 e. The molecule has 0 unspecified atom stereocenters. The number of piperidine rings is 1. The van der Waals surface area contributed by atoms with Gasteiger partial charge in [-0.25, -0.2) is 19.0 Å². The number of aliphatic hydroxyl groups is 1. The van der Waals surface area contributed by atoms with Crippen molar-refractivity contribution in [3.05, 3.63) is 84.3 Å². The molecule has 1 aliphatic heterocycles. The molecule has 1 aliphatic rings. The van der Waals surface area contributed by atoms with Crippen LogP contribution in [-0.4, -0.2) is 66.1 Å². The van der Waals surface area contributed by atoms with E-state index in [-0.39, 0.29) is 6.61 Å². The van der Waals surface area contributed by atoms with E-state index < -0.39 is 5.82 Å². The van der Waals surface area contributed by atoms with Crippen molar-refractivity contribution >= 4 is 28.2 Å². The lowest BCUT2D eigenvalue weighted by Crippen LogP contribution is -2.43. The zero-order chi connectivity index (χ0) is 26.8. The van der Waals surface area contributed by atoms with Crippen LogP contribution in [0, 0.1) is 5.82 Å². The molecule has 3 N–H and O–H groups in total. The van der Waals surface area contributed by atoms with Gasteiger partial charge in [-0.1, -0.05) is 0 Å². The van der Waals surface area contributed by atoms with E-state index in [1.807, 2.05) is 30.6 Å². The molecule has 6 rings (SSSR count). The molecule has 0 bridgehead atoms. The van der Waals surface area contributed by atoms with Gasteiger partial charge in [0.1, 0.15) is 17.5 Å². The van der Waals surface area contributed by atoms with E-state index in [1.165, 1.54) is 10.7 Å². The quantitative estimate of drug-likeness (QED) is 0.278. The van der Waals surface area contributed by atoms with Gasteiger partial charge in [0, 0.05) is 54.3 Å². The summed E-state index contributed by atoms with van der Waals surface area (Å²) in [6.07, 6.45) is 9.33. The summed E-state index contributed by atoms with van der Waals surface area (Å²) in [6.45, 7) is 2.64. The molecule has 4 aromatic heterocycles. The first-order valence-electron chi connectivity index (χ1n) is 13.0. The van der Waals surface area contributed by atoms with Gasteiger partial charge in [-0.2, -0.15) is 10.2 Å². The smallest absolute Gasteiger partial charge is 0.148 e. The second kappa shape index (κ2) is 10.8. The second-order valence-electron chi connectivity index (χ2n) is 9.90. The molecular weight excluding hydrogens is 497 g/mol. The van der Waals surface area contributed by atoms with Gasteiger partial charge >= 0.3 is 0 Å². The number of halogens is 1. The van der Waals surface area contributed by atoms with Gasteiger partial charge in [0.05, 0.1) is 35.4 Å². The molecule has 200 valence electrons. The van der Waals surface area contributed by atoms with Crippen LogP contribution < -0.4 is 10.2 Å². The van der Waals surface area contributed by atoms with Crippen molar-refractivity contribution in [2.45, 2.75) is 32.0 Å². The van der Waals surface area contributed by atoms with Crippen molar-refractivity contribution in [1.29, 1.82) is 0 Å². The summed E-state index contributed by atoms with van der Waals surface area (Å²) in [5, 5.41) is 24.5. The maximum Gasteiger partial charge on any atom is 0.148 e. The lowest BCUT2D eigenvalue weighted by molar-refractivity contribution is 0.248. The van der Waals surface area contributed by atoms with Gasteiger partial charge in [0.15, 0.2) is 0 Å². The molecular formula is C28H30FN9O. The molecule has 39 heavy (non-hydrogen) atoms. The molecule has 0 radical (unpaired) electrons.